The SMILES string of the molecule is COc1ccc(OCC(=O)N2CCN(C)CC2)c(CO)c1. The summed E-state index contributed by atoms with van der Waals surface area (Å²) in [6.07, 6.45) is 0. The molecule has 0 saturated carbocycles. The van der Waals surface area contributed by atoms with Gasteiger partial charge in [-0.1, -0.05) is 0 Å². The number of piperazine rings is 1. The molecule has 0 aromatic heterocycles. The van der Waals surface area contributed by atoms with Gasteiger partial charge in [0.25, 0.3) is 5.91 Å². The lowest BCUT2D eigenvalue weighted by molar-refractivity contribution is -0.134. The van der Waals surface area contributed by atoms with Crippen molar-refractivity contribution >= 4 is 5.91 Å². The van der Waals surface area contributed by atoms with E-state index in [9.17, 15) is 9.90 Å². The average molecular weight is 294 g/mol. The molecular weight excluding hydrogens is 272 g/mol. The van der Waals surface area contributed by atoms with Crippen molar-refractivity contribution in [3.63, 3.8) is 0 Å². The van der Waals surface area contributed by atoms with Crippen LogP contribution in [-0.4, -0.2) is 67.8 Å². The fourth-order valence-corrected chi connectivity index (χ4v) is 2.23. The lowest BCUT2D eigenvalue weighted by Gasteiger charge is -2.32. The highest BCUT2D eigenvalue weighted by atomic mass is 16.5. The predicted octanol–water partition coefficient (Wildman–Crippen LogP) is 0.340. The molecule has 0 bridgehead atoms. The Kier molecular flexibility index (Phi) is 5.41. The summed E-state index contributed by atoms with van der Waals surface area (Å²) >= 11 is 0. The lowest BCUT2D eigenvalue weighted by Crippen LogP contribution is -2.48. The first kappa shape index (κ1) is 15.6. The summed E-state index contributed by atoms with van der Waals surface area (Å²) in [5, 5.41) is 9.35. The smallest absolute Gasteiger partial charge is 0.260 e. The monoisotopic (exact) mass is 294 g/mol. The predicted molar refractivity (Wildman–Crippen MR) is 78.5 cm³/mol. The van der Waals surface area contributed by atoms with E-state index >= 15 is 0 Å². The highest BCUT2D eigenvalue weighted by molar-refractivity contribution is 5.78. The number of carbonyl (C=O) groups is 1. The van der Waals surface area contributed by atoms with E-state index in [4.69, 9.17) is 9.47 Å². The van der Waals surface area contributed by atoms with Crippen LogP contribution in [0.25, 0.3) is 0 Å². The molecule has 1 N–H and O–H groups in total. The summed E-state index contributed by atoms with van der Waals surface area (Å²) in [6, 6.07) is 5.16. The second-order valence-electron chi connectivity index (χ2n) is 5.10. The zero-order valence-corrected chi connectivity index (χ0v) is 12.5. The third-order valence-electron chi connectivity index (χ3n) is 3.65. The van der Waals surface area contributed by atoms with E-state index in [2.05, 4.69) is 4.90 Å². The molecule has 0 spiro atoms. The maximum absolute atomic E-state index is 12.1. The van der Waals surface area contributed by atoms with Gasteiger partial charge in [0.15, 0.2) is 6.61 Å². The first-order valence-electron chi connectivity index (χ1n) is 7.01. The molecule has 0 aliphatic carbocycles. The minimum Gasteiger partial charge on any atom is -0.497 e. The maximum Gasteiger partial charge on any atom is 0.260 e. The molecular formula is C15H22N2O4. The number of rotatable bonds is 5. The molecule has 2 rings (SSSR count). The molecule has 1 saturated heterocycles. The Morgan fingerprint density at radius 3 is 2.62 bits per heavy atom. The van der Waals surface area contributed by atoms with Gasteiger partial charge in [0.2, 0.25) is 0 Å². The zero-order valence-electron chi connectivity index (χ0n) is 12.5. The molecule has 6 heteroatoms. The number of aliphatic hydroxyl groups excluding tert-OH is 1. The van der Waals surface area contributed by atoms with Crippen molar-refractivity contribution in [1.29, 1.82) is 0 Å². The van der Waals surface area contributed by atoms with Crippen LogP contribution in [0.5, 0.6) is 11.5 Å². The standard InChI is InChI=1S/C15H22N2O4/c1-16-5-7-17(8-6-16)15(19)11-21-14-4-3-13(20-2)9-12(14)10-18/h3-4,9,18H,5-8,10-11H2,1-2H3. The Morgan fingerprint density at radius 2 is 2.00 bits per heavy atom. The van der Waals surface area contributed by atoms with Crippen LogP contribution in [0.2, 0.25) is 0 Å². The number of amides is 1. The van der Waals surface area contributed by atoms with Gasteiger partial charge >= 0.3 is 0 Å². The molecule has 1 aromatic rings. The zero-order chi connectivity index (χ0) is 15.2. The van der Waals surface area contributed by atoms with Gasteiger partial charge in [-0.15, -0.1) is 0 Å². The van der Waals surface area contributed by atoms with E-state index in [1.165, 1.54) is 0 Å². The van der Waals surface area contributed by atoms with E-state index in [0.717, 1.165) is 26.2 Å². The van der Waals surface area contributed by atoms with Gasteiger partial charge in [0.05, 0.1) is 13.7 Å². The highest BCUT2D eigenvalue weighted by Crippen LogP contribution is 2.24. The van der Waals surface area contributed by atoms with E-state index in [0.29, 0.717) is 17.1 Å². The summed E-state index contributed by atoms with van der Waals surface area (Å²) in [7, 11) is 3.61. The van der Waals surface area contributed by atoms with Crippen LogP contribution in [-0.2, 0) is 11.4 Å². The van der Waals surface area contributed by atoms with Crippen LogP contribution in [0.3, 0.4) is 0 Å². The normalized spacial score (nSPS) is 15.9. The molecule has 0 radical (unpaired) electrons. The number of likely N-dealkylation sites (N-methyl/N-ethyl adjacent to an activating group) is 1. The third kappa shape index (κ3) is 4.09. The van der Waals surface area contributed by atoms with E-state index < -0.39 is 0 Å². The fraction of sp³-hybridized carbons (Fsp3) is 0.533. The number of nitrogens with zero attached hydrogens (tertiary/aromatic N) is 2. The van der Waals surface area contributed by atoms with Gasteiger partial charge in [-0.2, -0.15) is 0 Å². The summed E-state index contributed by atoms with van der Waals surface area (Å²) in [4.78, 5) is 16.1. The molecule has 1 aromatic carbocycles. The molecule has 0 unspecified atom stereocenters. The lowest BCUT2D eigenvalue weighted by atomic mass is 10.2. The fourth-order valence-electron chi connectivity index (χ4n) is 2.23. The van der Waals surface area contributed by atoms with Crippen LogP contribution in [0.4, 0.5) is 0 Å². The minimum absolute atomic E-state index is 0.0109. The summed E-state index contributed by atoms with van der Waals surface area (Å²) < 4.78 is 10.6. The van der Waals surface area contributed by atoms with E-state index in [1.807, 2.05) is 11.9 Å². The van der Waals surface area contributed by atoms with Crippen LogP contribution in [0, 0.1) is 0 Å². The number of benzene rings is 1. The molecule has 1 aliphatic heterocycles. The van der Waals surface area contributed by atoms with Crippen LogP contribution >= 0.6 is 0 Å². The van der Waals surface area contributed by atoms with E-state index in [1.54, 1.807) is 25.3 Å². The molecule has 1 fully saturated rings. The summed E-state index contributed by atoms with van der Waals surface area (Å²) in [5.41, 5.74) is 0.612. The largest absolute Gasteiger partial charge is 0.497 e. The van der Waals surface area contributed by atoms with Crippen molar-refractivity contribution < 1.29 is 19.4 Å². The van der Waals surface area contributed by atoms with Crippen LogP contribution in [0.1, 0.15) is 5.56 Å². The number of ether oxygens (including phenoxy) is 2. The first-order chi connectivity index (χ1) is 10.1. The Hall–Kier alpha value is -1.79. The molecule has 0 atom stereocenters. The second-order valence-corrected chi connectivity index (χ2v) is 5.10. The van der Waals surface area contributed by atoms with E-state index in [-0.39, 0.29) is 19.1 Å². The maximum atomic E-state index is 12.1. The van der Waals surface area contributed by atoms with Crippen LogP contribution < -0.4 is 9.47 Å². The number of hydrogen-bond donors (Lipinski definition) is 1. The summed E-state index contributed by atoms with van der Waals surface area (Å²) in [6.45, 7) is 3.06. The van der Waals surface area contributed by atoms with Gasteiger partial charge < -0.3 is 24.4 Å². The summed E-state index contributed by atoms with van der Waals surface area (Å²) in [5.74, 6) is 1.14. The minimum atomic E-state index is -0.158. The second kappa shape index (κ2) is 7.28. The van der Waals surface area contributed by atoms with Crippen molar-refractivity contribution in [2.24, 2.45) is 0 Å². The van der Waals surface area contributed by atoms with Crippen molar-refractivity contribution in [3.05, 3.63) is 23.8 Å². The Morgan fingerprint density at radius 1 is 1.29 bits per heavy atom. The van der Waals surface area contributed by atoms with Gasteiger partial charge in [-0.05, 0) is 25.2 Å². The van der Waals surface area contributed by atoms with Crippen molar-refractivity contribution in [3.8, 4) is 11.5 Å². The van der Waals surface area contributed by atoms with Gasteiger partial charge in [0.1, 0.15) is 11.5 Å². The molecule has 116 valence electrons. The molecule has 1 heterocycles. The molecule has 21 heavy (non-hydrogen) atoms. The van der Waals surface area contributed by atoms with Crippen molar-refractivity contribution in [1.82, 2.24) is 9.80 Å². The first-order valence-corrected chi connectivity index (χ1v) is 7.01. The number of aliphatic hydroxyl groups is 1. The Bertz CT molecular complexity index is 485. The van der Waals surface area contributed by atoms with Gasteiger partial charge in [-0.25, -0.2) is 0 Å². The molecule has 1 aliphatic rings. The Labute approximate surface area is 124 Å². The molecule has 1 amide bonds. The third-order valence-corrected chi connectivity index (χ3v) is 3.65. The topological polar surface area (TPSA) is 62.2 Å². The average Bonchev–Trinajstić information content (AvgIpc) is 2.53. The number of methoxy groups -OCH3 is 1. The van der Waals surface area contributed by atoms with Crippen molar-refractivity contribution in [2.45, 2.75) is 6.61 Å². The number of carbonyl (C=O) groups excluding carboxylic acids is 1. The van der Waals surface area contributed by atoms with Crippen LogP contribution in [0.15, 0.2) is 18.2 Å². The number of hydrogen-bond acceptors (Lipinski definition) is 5. The quantitative estimate of drug-likeness (QED) is 0.848. The van der Waals surface area contributed by atoms with Crippen molar-refractivity contribution in [2.75, 3.05) is 46.9 Å². The molecule has 6 nitrogen and oxygen atoms in total. The van der Waals surface area contributed by atoms with Gasteiger partial charge in [0, 0.05) is 31.7 Å². The Balaban J connectivity index is 1.91. The highest BCUT2D eigenvalue weighted by Gasteiger charge is 2.19. The van der Waals surface area contributed by atoms with Gasteiger partial charge in [-0.3, -0.25) is 4.79 Å².